The molecule has 0 aromatic rings. The van der Waals surface area contributed by atoms with E-state index in [1.807, 2.05) is 0 Å². The van der Waals surface area contributed by atoms with Gasteiger partial charge >= 0.3 is 0 Å². The van der Waals surface area contributed by atoms with E-state index in [1.54, 1.807) is 0 Å². The quantitative estimate of drug-likeness (QED) is 0.602. The van der Waals surface area contributed by atoms with Gasteiger partial charge in [0.1, 0.15) is 5.78 Å². The third kappa shape index (κ3) is 1.34. The number of allylic oxidation sites excluding steroid dienone is 6. The van der Waals surface area contributed by atoms with Crippen LogP contribution in [0.1, 0.15) is 39.0 Å². The largest absolute Gasteiger partial charge is 0.299 e. The van der Waals surface area contributed by atoms with E-state index in [2.05, 4.69) is 31.2 Å². The molecule has 1 nitrogen and oxygen atoms in total. The highest BCUT2D eigenvalue weighted by Crippen LogP contribution is 2.52. The van der Waals surface area contributed by atoms with Crippen LogP contribution in [0.2, 0.25) is 0 Å². The molecule has 0 heterocycles. The molecule has 1 fully saturated rings. The van der Waals surface area contributed by atoms with Gasteiger partial charge in [-0.2, -0.15) is 0 Å². The highest BCUT2D eigenvalue weighted by Gasteiger charge is 2.43. The van der Waals surface area contributed by atoms with Gasteiger partial charge in [-0.15, -0.1) is 0 Å². The summed E-state index contributed by atoms with van der Waals surface area (Å²) in [5, 5.41) is 0. The molecule has 0 N–H and O–H groups in total. The number of ketones is 1. The molecule has 2 atom stereocenters. The number of Topliss-reactive ketones (excluding diaryl/α,β-unsaturated/α-hetero) is 1. The smallest absolute Gasteiger partial charge is 0.136 e. The molecular formula is C15H18O. The summed E-state index contributed by atoms with van der Waals surface area (Å²) < 4.78 is 0. The summed E-state index contributed by atoms with van der Waals surface area (Å²) in [6, 6.07) is 0. The number of carbonyl (C=O) groups excluding carboxylic acids is 1. The van der Waals surface area contributed by atoms with Crippen LogP contribution in [-0.2, 0) is 4.79 Å². The second-order valence-corrected chi connectivity index (χ2v) is 5.52. The van der Waals surface area contributed by atoms with Gasteiger partial charge in [-0.25, -0.2) is 0 Å². The van der Waals surface area contributed by atoms with Gasteiger partial charge < -0.3 is 0 Å². The zero-order chi connectivity index (χ0) is 11.2. The zero-order valence-electron chi connectivity index (χ0n) is 9.83. The Bertz CT molecular complexity index is 425. The first-order chi connectivity index (χ1) is 7.70. The van der Waals surface area contributed by atoms with E-state index in [-0.39, 0.29) is 5.41 Å². The number of rotatable bonds is 0. The maximum Gasteiger partial charge on any atom is 0.136 e. The predicted molar refractivity (Wildman–Crippen MR) is 65.0 cm³/mol. The first kappa shape index (κ1) is 10.1. The minimum absolute atomic E-state index is 0.267. The van der Waals surface area contributed by atoms with Crippen LogP contribution >= 0.6 is 0 Å². The van der Waals surface area contributed by atoms with Crippen molar-refractivity contribution in [2.45, 2.75) is 39.0 Å². The molecule has 3 aliphatic carbocycles. The molecule has 3 aliphatic rings. The number of hydrogen-bond donors (Lipinski definition) is 0. The maximum absolute atomic E-state index is 11.5. The highest BCUT2D eigenvalue weighted by molar-refractivity contribution is 5.83. The lowest BCUT2D eigenvalue weighted by molar-refractivity contribution is -0.120. The molecule has 2 unspecified atom stereocenters. The Balaban J connectivity index is 2.04. The van der Waals surface area contributed by atoms with Crippen molar-refractivity contribution in [2.24, 2.45) is 11.3 Å². The van der Waals surface area contributed by atoms with E-state index in [4.69, 9.17) is 0 Å². The van der Waals surface area contributed by atoms with Crippen LogP contribution in [0.4, 0.5) is 0 Å². The van der Waals surface area contributed by atoms with Gasteiger partial charge in [-0.05, 0) is 36.2 Å². The van der Waals surface area contributed by atoms with E-state index in [0.29, 0.717) is 18.1 Å². The summed E-state index contributed by atoms with van der Waals surface area (Å²) in [4.78, 5) is 11.5. The van der Waals surface area contributed by atoms with Crippen molar-refractivity contribution in [1.29, 1.82) is 0 Å². The topological polar surface area (TPSA) is 17.1 Å². The molecule has 0 aromatic heterocycles. The Morgan fingerprint density at radius 2 is 2.25 bits per heavy atom. The second kappa shape index (κ2) is 3.44. The van der Waals surface area contributed by atoms with Gasteiger partial charge in [0, 0.05) is 12.8 Å². The monoisotopic (exact) mass is 214 g/mol. The van der Waals surface area contributed by atoms with Crippen LogP contribution in [0.15, 0.2) is 35.5 Å². The van der Waals surface area contributed by atoms with Crippen LogP contribution in [-0.4, -0.2) is 5.78 Å². The van der Waals surface area contributed by atoms with Crippen molar-refractivity contribution in [3.05, 3.63) is 35.5 Å². The first-order valence-electron chi connectivity index (χ1n) is 6.29. The minimum atomic E-state index is 0.267. The number of carbonyl (C=O) groups is 1. The lowest BCUT2D eigenvalue weighted by Gasteiger charge is -2.46. The molecule has 0 spiro atoms. The van der Waals surface area contributed by atoms with E-state index in [0.717, 1.165) is 12.8 Å². The lowest BCUT2D eigenvalue weighted by Crippen LogP contribution is -2.37. The molecule has 0 saturated heterocycles. The van der Waals surface area contributed by atoms with Gasteiger partial charge in [0.25, 0.3) is 0 Å². The maximum atomic E-state index is 11.5. The van der Waals surface area contributed by atoms with Gasteiger partial charge in [0.05, 0.1) is 0 Å². The third-order valence-electron chi connectivity index (χ3n) is 4.63. The summed E-state index contributed by atoms with van der Waals surface area (Å²) in [6.07, 6.45) is 14.0. The Morgan fingerprint density at radius 1 is 1.38 bits per heavy atom. The van der Waals surface area contributed by atoms with Crippen LogP contribution in [0.5, 0.6) is 0 Å². The molecule has 0 bridgehead atoms. The van der Waals surface area contributed by atoms with Gasteiger partial charge in [0.2, 0.25) is 0 Å². The molecule has 0 amide bonds. The van der Waals surface area contributed by atoms with Gasteiger partial charge in [0.15, 0.2) is 0 Å². The van der Waals surface area contributed by atoms with Crippen molar-refractivity contribution in [3.8, 4) is 0 Å². The summed E-state index contributed by atoms with van der Waals surface area (Å²) >= 11 is 0. The molecule has 3 rings (SSSR count). The normalized spacial score (nSPS) is 37.3. The summed E-state index contributed by atoms with van der Waals surface area (Å²) in [7, 11) is 0. The van der Waals surface area contributed by atoms with Crippen LogP contribution in [0, 0.1) is 11.3 Å². The van der Waals surface area contributed by atoms with Crippen molar-refractivity contribution < 1.29 is 4.79 Å². The molecule has 16 heavy (non-hydrogen) atoms. The standard InChI is InChI=1S/C15H18O/c1-15-9-8-13(16)10-12(15)7-6-11-4-2-3-5-14(11)15/h2,4,6-7,14H,3,5,8-10H2,1H3. The molecule has 0 aromatic carbocycles. The molecule has 0 radical (unpaired) electrons. The van der Waals surface area contributed by atoms with Crippen LogP contribution < -0.4 is 0 Å². The molecular weight excluding hydrogens is 196 g/mol. The first-order valence-corrected chi connectivity index (χ1v) is 6.29. The van der Waals surface area contributed by atoms with E-state index >= 15 is 0 Å². The SMILES string of the molecule is CC12CCC(=O)CC1=CC=C1C=CCCC12. The minimum Gasteiger partial charge on any atom is -0.299 e. The van der Waals surface area contributed by atoms with Crippen molar-refractivity contribution in [2.75, 3.05) is 0 Å². The Labute approximate surface area is 96.9 Å². The lowest BCUT2D eigenvalue weighted by atomic mass is 9.58. The van der Waals surface area contributed by atoms with Gasteiger partial charge in [-0.3, -0.25) is 4.79 Å². The fourth-order valence-electron chi connectivity index (χ4n) is 3.53. The molecule has 0 aliphatic heterocycles. The Hall–Kier alpha value is -1.11. The summed E-state index contributed by atoms with van der Waals surface area (Å²) in [5.41, 5.74) is 3.13. The second-order valence-electron chi connectivity index (χ2n) is 5.52. The van der Waals surface area contributed by atoms with Crippen molar-refractivity contribution in [1.82, 2.24) is 0 Å². The molecule has 84 valence electrons. The average molecular weight is 214 g/mol. The number of hydrogen-bond acceptors (Lipinski definition) is 1. The zero-order valence-corrected chi connectivity index (χ0v) is 9.83. The van der Waals surface area contributed by atoms with Crippen molar-refractivity contribution >= 4 is 5.78 Å². The fraction of sp³-hybridized carbons (Fsp3) is 0.533. The fourth-order valence-corrected chi connectivity index (χ4v) is 3.53. The summed E-state index contributed by atoms with van der Waals surface area (Å²) in [5.74, 6) is 1.08. The van der Waals surface area contributed by atoms with E-state index in [1.165, 1.54) is 24.0 Å². The third-order valence-corrected chi connectivity index (χ3v) is 4.63. The van der Waals surface area contributed by atoms with Gasteiger partial charge in [-0.1, -0.05) is 36.8 Å². The Kier molecular flexibility index (Phi) is 2.17. The van der Waals surface area contributed by atoms with E-state index in [9.17, 15) is 4.79 Å². The molecule has 1 heteroatoms. The predicted octanol–water partition coefficient (Wildman–Crippen LogP) is 3.58. The summed E-state index contributed by atoms with van der Waals surface area (Å²) in [6.45, 7) is 2.36. The molecule has 1 saturated carbocycles. The number of fused-ring (bicyclic) bond motifs is 3. The van der Waals surface area contributed by atoms with Crippen molar-refractivity contribution in [3.63, 3.8) is 0 Å². The average Bonchev–Trinajstić information content (AvgIpc) is 2.31. The Morgan fingerprint density at radius 3 is 3.12 bits per heavy atom. The van der Waals surface area contributed by atoms with E-state index < -0.39 is 0 Å². The van der Waals surface area contributed by atoms with Crippen LogP contribution in [0.25, 0.3) is 0 Å². The highest BCUT2D eigenvalue weighted by atomic mass is 16.1. The van der Waals surface area contributed by atoms with Crippen LogP contribution in [0.3, 0.4) is 0 Å².